The number of carbonyl (C=O) groups is 1. The SMILES string of the molecule is CC(C)n1nccc1NC(=O)CCn1c(=O)oc2ccccc21. The third-order valence-electron chi connectivity index (χ3n) is 3.56. The highest BCUT2D eigenvalue weighted by atomic mass is 16.4. The summed E-state index contributed by atoms with van der Waals surface area (Å²) in [5.74, 6) is 0.0187. The van der Waals surface area contributed by atoms with Crippen molar-refractivity contribution in [2.75, 3.05) is 5.32 Å². The zero-order chi connectivity index (χ0) is 16.4. The Morgan fingerprint density at radius 3 is 2.87 bits per heavy atom. The molecule has 1 amide bonds. The molecule has 3 rings (SSSR count). The summed E-state index contributed by atoms with van der Waals surface area (Å²) >= 11 is 0. The van der Waals surface area contributed by atoms with E-state index in [1.807, 2.05) is 19.9 Å². The minimum Gasteiger partial charge on any atom is -0.408 e. The molecule has 0 fully saturated rings. The van der Waals surface area contributed by atoms with Crippen molar-refractivity contribution >= 4 is 22.8 Å². The maximum absolute atomic E-state index is 12.1. The van der Waals surface area contributed by atoms with Crippen LogP contribution in [0.5, 0.6) is 0 Å². The topological polar surface area (TPSA) is 82.1 Å². The maximum atomic E-state index is 12.1. The largest absolute Gasteiger partial charge is 0.419 e. The molecule has 3 aromatic rings. The van der Waals surface area contributed by atoms with Crippen molar-refractivity contribution in [1.82, 2.24) is 14.3 Å². The first-order chi connectivity index (χ1) is 11.1. The van der Waals surface area contributed by atoms with Gasteiger partial charge in [-0.05, 0) is 26.0 Å². The number of benzene rings is 1. The molecule has 7 heteroatoms. The summed E-state index contributed by atoms with van der Waals surface area (Å²) in [6.07, 6.45) is 1.82. The highest BCUT2D eigenvalue weighted by Gasteiger charge is 2.12. The fourth-order valence-corrected chi connectivity index (χ4v) is 2.47. The Labute approximate surface area is 132 Å². The van der Waals surface area contributed by atoms with Crippen LogP contribution in [0.3, 0.4) is 0 Å². The van der Waals surface area contributed by atoms with Gasteiger partial charge in [0.05, 0.1) is 11.7 Å². The second-order valence-electron chi connectivity index (χ2n) is 5.54. The number of hydrogen-bond donors (Lipinski definition) is 1. The summed E-state index contributed by atoms with van der Waals surface area (Å²) in [7, 11) is 0. The number of nitrogens with zero attached hydrogens (tertiary/aromatic N) is 3. The van der Waals surface area contributed by atoms with E-state index in [9.17, 15) is 9.59 Å². The van der Waals surface area contributed by atoms with Crippen molar-refractivity contribution in [2.24, 2.45) is 0 Å². The molecule has 7 nitrogen and oxygen atoms in total. The molecule has 120 valence electrons. The Hall–Kier alpha value is -2.83. The van der Waals surface area contributed by atoms with Gasteiger partial charge in [-0.3, -0.25) is 9.36 Å². The summed E-state index contributed by atoms with van der Waals surface area (Å²) in [6.45, 7) is 4.23. The second-order valence-corrected chi connectivity index (χ2v) is 5.54. The monoisotopic (exact) mass is 314 g/mol. The summed E-state index contributed by atoms with van der Waals surface area (Å²) in [4.78, 5) is 24.0. The molecular formula is C16H18N4O3. The maximum Gasteiger partial charge on any atom is 0.419 e. The molecule has 0 radical (unpaired) electrons. The summed E-state index contributed by atoms with van der Waals surface area (Å²) < 4.78 is 8.35. The van der Waals surface area contributed by atoms with Crippen molar-refractivity contribution in [2.45, 2.75) is 32.9 Å². The smallest absolute Gasteiger partial charge is 0.408 e. The van der Waals surface area contributed by atoms with E-state index in [-0.39, 0.29) is 24.9 Å². The van der Waals surface area contributed by atoms with Gasteiger partial charge < -0.3 is 9.73 Å². The van der Waals surface area contributed by atoms with Gasteiger partial charge in [0, 0.05) is 25.1 Å². The van der Waals surface area contributed by atoms with E-state index in [2.05, 4.69) is 10.4 Å². The minimum atomic E-state index is -0.453. The molecule has 0 saturated carbocycles. The van der Waals surface area contributed by atoms with E-state index in [1.54, 1.807) is 35.1 Å². The van der Waals surface area contributed by atoms with Gasteiger partial charge in [-0.2, -0.15) is 5.10 Å². The van der Waals surface area contributed by atoms with Gasteiger partial charge in [-0.25, -0.2) is 9.48 Å². The standard InChI is InChI=1S/C16H18N4O3/c1-11(2)20-14(7-9-17-20)18-15(21)8-10-19-12-5-3-4-6-13(12)23-16(19)22/h3-7,9,11H,8,10H2,1-2H3,(H,18,21). The first-order valence-corrected chi connectivity index (χ1v) is 7.48. The lowest BCUT2D eigenvalue weighted by molar-refractivity contribution is -0.116. The number of hydrogen-bond acceptors (Lipinski definition) is 4. The van der Waals surface area contributed by atoms with Crippen LogP contribution in [-0.2, 0) is 11.3 Å². The number of amides is 1. The van der Waals surface area contributed by atoms with Gasteiger partial charge >= 0.3 is 5.76 Å². The quantitative estimate of drug-likeness (QED) is 0.784. The Kier molecular flexibility index (Phi) is 4.01. The molecule has 0 aliphatic heterocycles. The predicted octanol–water partition coefficient (Wildman–Crippen LogP) is 2.40. The lowest BCUT2D eigenvalue weighted by Gasteiger charge is -2.11. The number of fused-ring (bicyclic) bond motifs is 1. The number of nitrogens with one attached hydrogen (secondary N) is 1. The van der Waals surface area contributed by atoms with E-state index in [4.69, 9.17) is 4.42 Å². The van der Waals surface area contributed by atoms with E-state index in [0.717, 1.165) is 0 Å². The molecule has 0 unspecified atom stereocenters. The van der Waals surface area contributed by atoms with E-state index >= 15 is 0 Å². The highest BCUT2D eigenvalue weighted by molar-refractivity contribution is 5.89. The van der Waals surface area contributed by atoms with Crippen LogP contribution in [0, 0.1) is 0 Å². The fraction of sp³-hybridized carbons (Fsp3) is 0.312. The number of aryl methyl sites for hydroxylation is 1. The summed E-state index contributed by atoms with van der Waals surface area (Å²) in [5.41, 5.74) is 1.22. The van der Waals surface area contributed by atoms with Crippen LogP contribution >= 0.6 is 0 Å². The lowest BCUT2D eigenvalue weighted by Crippen LogP contribution is -2.21. The molecule has 1 N–H and O–H groups in total. The normalized spacial score (nSPS) is 11.3. The molecule has 2 heterocycles. The molecule has 2 aromatic heterocycles. The summed E-state index contributed by atoms with van der Waals surface area (Å²) in [6, 6.07) is 9.06. The minimum absolute atomic E-state index is 0.153. The first kappa shape index (κ1) is 15.1. The van der Waals surface area contributed by atoms with Crippen molar-refractivity contribution in [3.05, 3.63) is 47.1 Å². The van der Waals surface area contributed by atoms with Crippen LogP contribution in [0.25, 0.3) is 11.1 Å². The molecule has 0 atom stereocenters. The third kappa shape index (κ3) is 3.03. The Morgan fingerprint density at radius 1 is 1.30 bits per heavy atom. The molecule has 0 saturated heterocycles. The van der Waals surface area contributed by atoms with E-state index in [0.29, 0.717) is 16.9 Å². The van der Waals surface area contributed by atoms with Crippen LogP contribution in [-0.4, -0.2) is 20.3 Å². The van der Waals surface area contributed by atoms with E-state index < -0.39 is 5.76 Å². The number of rotatable bonds is 5. The van der Waals surface area contributed by atoms with Crippen LogP contribution in [0.4, 0.5) is 5.82 Å². The Balaban J connectivity index is 1.70. The van der Waals surface area contributed by atoms with Crippen LogP contribution in [0.2, 0.25) is 0 Å². The van der Waals surface area contributed by atoms with Crippen LogP contribution in [0.15, 0.2) is 45.7 Å². The molecule has 0 spiro atoms. The lowest BCUT2D eigenvalue weighted by atomic mass is 10.3. The number of aromatic nitrogens is 3. The summed E-state index contributed by atoms with van der Waals surface area (Å²) in [5, 5.41) is 6.98. The Bertz CT molecular complexity index is 888. The third-order valence-corrected chi connectivity index (χ3v) is 3.56. The zero-order valence-corrected chi connectivity index (χ0v) is 13.0. The van der Waals surface area contributed by atoms with Crippen molar-refractivity contribution in [1.29, 1.82) is 0 Å². The fourth-order valence-electron chi connectivity index (χ4n) is 2.47. The van der Waals surface area contributed by atoms with Gasteiger partial charge in [-0.15, -0.1) is 0 Å². The second kappa shape index (κ2) is 6.12. The van der Waals surface area contributed by atoms with Gasteiger partial charge in [0.1, 0.15) is 5.82 Å². The first-order valence-electron chi connectivity index (χ1n) is 7.48. The van der Waals surface area contributed by atoms with Gasteiger partial charge in [0.2, 0.25) is 5.91 Å². The number of carbonyl (C=O) groups excluding carboxylic acids is 1. The molecule has 0 aliphatic rings. The molecule has 23 heavy (non-hydrogen) atoms. The van der Waals surface area contributed by atoms with Gasteiger partial charge in [0.25, 0.3) is 0 Å². The zero-order valence-electron chi connectivity index (χ0n) is 13.0. The van der Waals surface area contributed by atoms with Crippen LogP contribution in [0.1, 0.15) is 26.3 Å². The molecule has 0 aliphatic carbocycles. The molecular weight excluding hydrogens is 296 g/mol. The predicted molar refractivity (Wildman–Crippen MR) is 86.3 cm³/mol. The van der Waals surface area contributed by atoms with Crippen molar-refractivity contribution in [3.8, 4) is 0 Å². The van der Waals surface area contributed by atoms with Crippen LogP contribution < -0.4 is 11.1 Å². The molecule has 1 aromatic carbocycles. The average molecular weight is 314 g/mol. The van der Waals surface area contributed by atoms with Crippen molar-refractivity contribution < 1.29 is 9.21 Å². The van der Waals surface area contributed by atoms with E-state index in [1.165, 1.54) is 4.57 Å². The number of oxazole rings is 1. The number of para-hydroxylation sites is 2. The van der Waals surface area contributed by atoms with Crippen molar-refractivity contribution in [3.63, 3.8) is 0 Å². The number of anilines is 1. The average Bonchev–Trinajstić information content (AvgIpc) is 3.09. The molecule has 0 bridgehead atoms. The highest BCUT2D eigenvalue weighted by Crippen LogP contribution is 2.14. The van der Waals surface area contributed by atoms with Gasteiger partial charge in [-0.1, -0.05) is 12.1 Å². The van der Waals surface area contributed by atoms with Gasteiger partial charge in [0.15, 0.2) is 5.58 Å². The Morgan fingerprint density at radius 2 is 2.09 bits per heavy atom.